The van der Waals surface area contributed by atoms with Gasteiger partial charge in [-0.3, -0.25) is 4.98 Å². The van der Waals surface area contributed by atoms with Crippen molar-refractivity contribution in [3.05, 3.63) is 29.6 Å². The summed E-state index contributed by atoms with van der Waals surface area (Å²) < 4.78 is 0. The van der Waals surface area contributed by atoms with E-state index < -0.39 is 6.10 Å². The van der Waals surface area contributed by atoms with Crippen LogP contribution in [0.5, 0.6) is 0 Å². The molecule has 0 saturated heterocycles. The van der Waals surface area contributed by atoms with Crippen LogP contribution in [0.25, 0.3) is 0 Å². The molecule has 0 radical (unpaired) electrons. The molecule has 3 heteroatoms. The molecule has 1 rings (SSSR count). The van der Waals surface area contributed by atoms with Crippen LogP contribution in [-0.4, -0.2) is 16.2 Å². The van der Waals surface area contributed by atoms with Crippen LogP contribution in [0.2, 0.25) is 0 Å². The minimum atomic E-state index is -0.521. The first-order chi connectivity index (χ1) is 5.61. The summed E-state index contributed by atoms with van der Waals surface area (Å²) in [5.41, 5.74) is 7.58. The molecule has 0 bridgehead atoms. The fraction of sp³-hybridized carbons (Fsp3) is 0.444. The van der Waals surface area contributed by atoms with Gasteiger partial charge in [-0.1, -0.05) is 0 Å². The standard InChI is InChI=1S/C9H14N2O/c1-6-5-8(3-4-11-6)9(10)7(2)12/h3-5,7,9,12H,10H2,1-2H3/t7-,9+/m0/s1. The molecule has 0 saturated carbocycles. The highest BCUT2D eigenvalue weighted by Gasteiger charge is 2.11. The molecule has 0 aliphatic carbocycles. The second-order valence-electron chi connectivity index (χ2n) is 3.00. The molecule has 0 aliphatic rings. The second kappa shape index (κ2) is 3.65. The van der Waals surface area contributed by atoms with Crippen molar-refractivity contribution < 1.29 is 5.11 Å². The second-order valence-corrected chi connectivity index (χ2v) is 3.00. The van der Waals surface area contributed by atoms with Crippen LogP contribution in [0, 0.1) is 6.92 Å². The fourth-order valence-corrected chi connectivity index (χ4v) is 1.05. The van der Waals surface area contributed by atoms with Crippen molar-refractivity contribution >= 4 is 0 Å². The molecule has 0 fully saturated rings. The van der Waals surface area contributed by atoms with Crippen molar-refractivity contribution in [2.45, 2.75) is 26.0 Å². The van der Waals surface area contributed by atoms with Crippen molar-refractivity contribution in [2.24, 2.45) is 5.73 Å². The number of pyridine rings is 1. The van der Waals surface area contributed by atoms with E-state index in [9.17, 15) is 5.11 Å². The minimum Gasteiger partial charge on any atom is -0.391 e. The first-order valence-corrected chi connectivity index (χ1v) is 3.97. The number of hydrogen-bond acceptors (Lipinski definition) is 3. The van der Waals surface area contributed by atoms with E-state index in [1.54, 1.807) is 13.1 Å². The first kappa shape index (κ1) is 9.16. The van der Waals surface area contributed by atoms with Gasteiger partial charge in [-0.15, -0.1) is 0 Å². The predicted molar refractivity (Wildman–Crippen MR) is 47.6 cm³/mol. The van der Waals surface area contributed by atoms with E-state index in [1.165, 1.54) is 0 Å². The number of nitrogens with two attached hydrogens (primary N) is 1. The molecule has 12 heavy (non-hydrogen) atoms. The third kappa shape index (κ3) is 2.03. The quantitative estimate of drug-likeness (QED) is 0.682. The molecule has 66 valence electrons. The van der Waals surface area contributed by atoms with Gasteiger partial charge in [0.1, 0.15) is 0 Å². The van der Waals surface area contributed by atoms with Gasteiger partial charge in [0.2, 0.25) is 0 Å². The molecular formula is C9H14N2O. The highest BCUT2D eigenvalue weighted by Crippen LogP contribution is 2.13. The smallest absolute Gasteiger partial charge is 0.0704 e. The van der Waals surface area contributed by atoms with Gasteiger partial charge >= 0.3 is 0 Å². The van der Waals surface area contributed by atoms with E-state index in [0.717, 1.165) is 11.3 Å². The van der Waals surface area contributed by atoms with E-state index >= 15 is 0 Å². The van der Waals surface area contributed by atoms with E-state index in [-0.39, 0.29) is 6.04 Å². The van der Waals surface area contributed by atoms with Gasteiger partial charge < -0.3 is 10.8 Å². The zero-order valence-corrected chi connectivity index (χ0v) is 7.36. The molecular weight excluding hydrogens is 152 g/mol. The molecule has 0 aromatic carbocycles. The van der Waals surface area contributed by atoms with Crippen LogP contribution in [0.15, 0.2) is 18.3 Å². The lowest BCUT2D eigenvalue weighted by Gasteiger charge is -2.14. The van der Waals surface area contributed by atoms with Gasteiger partial charge in [-0.05, 0) is 31.5 Å². The zero-order valence-electron chi connectivity index (χ0n) is 7.36. The van der Waals surface area contributed by atoms with Crippen molar-refractivity contribution in [2.75, 3.05) is 0 Å². The maximum absolute atomic E-state index is 9.22. The van der Waals surface area contributed by atoms with Gasteiger partial charge in [0, 0.05) is 11.9 Å². The van der Waals surface area contributed by atoms with E-state index in [2.05, 4.69) is 4.98 Å². The molecule has 0 amide bonds. The number of hydrogen-bond donors (Lipinski definition) is 2. The topological polar surface area (TPSA) is 59.1 Å². The van der Waals surface area contributed by atoms with Crippen LogP contribution >= 0.6 is 0 Å². The SMILES string of the molecule is Cc1cc([C@H](N)[C@H](C)O)ccn1. The fourth-order valence-electron chi connectivity index (χ4n) is 1.05. The number of nitrogens with zero attached hydrogens (tertiary/aromatic N) is 1. The monoisotopic (exact) mass is 166 g/mol. The van der Waals surface area contributed by atoms with E-state index in [1.807, 2.05) is 19.1 Å². The van der Waals surface area contributed by atoms with Crippen LogP contribution in [0.4, 0.5) is 0 Å². The summed E-state index contributed by atoms with van der Waals surface area (Å²) >= 11 is 0. The van der Waals surface area contributed by atoms with Crippen molar-refractivity contribution in [1.82, 2.24) is 4.98 Å². The Bertz CT molecular complexity index is 260. The molecule has 1 heterocycles. The summed E-state index contributed by atoms with van der Waals surface area (Å²) in [4.78, 5) is 4.04. The number of aromatic nitrogens is 1. The van der Waals surface area contributed by atoms with Crippen LogP contribution in [-0.2, 0) is 0 Å². The Hall–Kier alpha value is -0.930. The highest BCUT2D eigenvalue weighted by atomic mass is 16.3. The van der Waals surface area contributed by atoms with Gasteiger partial charge in [0.25, 0.3) is 0 Å². The maximum atomic E-state index is 9.22. The zero-order chi connectivity index (χ0) is 9.14. The number of rotatable bonds is 2. The predicted octanol–water partition coefficient (Wildman–Crippen LogP) is 0.771. The average Bonchev–Trinajstić information content (AvgIpc) is 2.03. The summed E-state index contributed by atoms with van der Waals surface area (Å²) in [6.07, 6.45) is 1.18. The van der Waals surface area contributed by atoms with Crippen molar-refractivity contribution in [1.29, 1.82) is 0 Å². The summed E-state index contributed by atoms with van der Waals surface area (Å²) in [5.74, 6) is 0. The average molecular weight is 166 g/mol. The molecule has 0 unspecified atom stereocenters. The summed E-state index contributed by atoms with van der Waals surface area (Å²) in [6.45, 7) is 3.58. The van der Waals surface area contributed by atoms with Crippen LogP contribution in [0.3, 0.4) is 0 Å². The third-order valence-electron chi connectivity index (χ3n) is 1.83. The van der Waals surface area contributed by atoms with Gasteiger partial charge in [-0.25, -0.2) is 0 Å². The Kier molecular flexibility index (Phi) is 2.78. The first-order valence-electron chi connectivity index (χ1n) is 3.97. The number of aryl methyl sites for hydroxylation is 1. The normalized spacial score (nSPS) is 15.7. The van der Waals surface area contributed by atoms with E-state index in [4.69, 9.17) is 5.73 Å². The lowest BCUT2D eigenvalue weighted by atomic mass is 10.0. The van der Waals surface area contributed by atoms with Crippen molar-refractivity contribution in [3.8, 4) is 0 Å². The molecule has 0 spiro atoms. The van der Waals surface area contributed by atoms with Crippen LogP contribution < -0.4 is 5.73 Å². The molecule has 1 aromatic rings. The molecule has 3 nitrogen and oxygen atoms in total. The summed E-state index contributed by atoms with van der Waals surface area (Å²) in [5, 5.41) is 9.22. The molecule has 2 atom stereocenters. The largest absolute Gasteiger partial charge is 0.391 e. The summed E-state index contributed by atoms with van der Waals surface area (Å²) in [7, 11) is 0. The molecule has 1 aromatic heterocycles. The molecule has 3 N–H and O–H groups in total. The lowest BCUT2D eigenvalue weighted by Crippen LogP contribution is -2.23. The molecule has 0 aliphatic heterocycles. The Balaban J connectivity index is 2.88. The summed E-state index contributed by atoms with van der Waals surface area (Å²) in [6, 6.07) is 3.40. The Morgan fingerprint density at radius 3 is 2.75 bits per heavy atom. The van der Waals surface area contributed by atoms with Crippen LogP contribution in [0.1, 0.15) is 24.2 Å². The Morgan fingerprint density at radius 1 is 1.58 bits per heavy atom. The third-order valence-corrected chi connectivity index (χ3v) is 1.83. The van der Waals surface area contributed by atoms with Gasteiger partial charge in [-0.2, -0.15) is 0 Å². The van der Waals surface area contributed by atoms with Crippen molar-refractivity contribution in [3.63, 3.8) is 0 Å². The van der Waals surface area contributed by atoms with Gasteiger partial charge in [0.15, 0.2) is 0 Å². The highest BCUT2D eigenvalue weighted by molar-refractivity contribution is 5.19. The lowest BCUT2D eigenvalue weighted by molar-refractivity contribution is 0.164. The maximum Gasteiger partial charge on any atom is 0.0704 e. The number of aliphatic hydroxyl groups is 1. The number of aliphatic hydroxyl groups excluding tert-OH is 1. The minimum absolute atomic E-state index is 0.313. The van der Waals surface area contributed by atoms with E-state index in [0.29, 0.717) is 0 Å². The Labute approximate surface area is 72.2 Å². The Morgan fingerprint density at radius 2 is 2.25 bits per heavy atom. The van der Waals surface area contributed by atoms with Gasteiger partial charge in [0.05, 0.1) is 12.1 Å².